The number of piperidine rings is 1. The first kappa shape index (κ1) is 18.7. The van der Waals surface area contributed by atoms with E-state index in [0.29, 0.717) is 43.9 Å². The van der Waals surface area contributed by atoms with Crippen molar-refractivity contribution in [3.05, 3.63) is 18.3 Å². The van der Waals surface area contributed by atoms with Crippen molar-refractivity contribution < 1.29 is 17.9 Å². The first-order chi connectivity index (χ1) is 11.4. The third-order valence-corrected chi connectivity index (χ3v) is 5.85. The van der Waals surface area contributed by atoms with E-state index in [1.54, 1.807) is 22.6 Å². The fourth-order valence-corrected chi connectivity index (χ4v) is 4.26. The molecule has 0 aromatic carbocycles. The normalized spacial score (nSPS) is 16.8. The van der Waals surface area contributed by atoms with Crippen LogP contribution in [0.15, 0.2) is 18.3 Å². The molecule has 0 unspecified atom stereocenters. The van der Waals surface area contributed by atoms with Crippen LogP contribution in [0.1, 0.15) is 39.5 Å². The van der Waals surface area contributed by atoms with Crippen molar-refractivity contribution >= 4 is 21.6 Å². The smallest absolute Gasteiger partial charge is 0.221 e. The average Bonchev–Trinajstić information content (AvgIpc) is 2.55. The molecule has 1 aromatic rings. The van der Waals surface area contributed by atoms with Crippen LogP contribution in [0.3, 0.4) is 0 Å². The minimum Gasteiger partial charge on any atom is -0.474 e. The molecule has 1 aromatic heterocycles. The molecule has 1 fully saturated rings. The molecule has 1 aliphatic rings. The zero-order valence-electron chi connectivity index (χ0n) is 14.2. The molecule has 2 rings (SSSR count). The molecule has 7 nitrogen and oxygen atoms in total. The van der Waals surface area contributed by atoms with Crippen molar-refractivity contribution in [1.82, 2.24) is 9.29 Å². The standard InChI is InChI=1S/C16H25N3O4S/c1-3-4-11-24(21,22)19-9-7-15(8-10-19)23-16-6-5-14(12-17-16)18-13(2)20/h5-6,12,15H,3-4,7-11H2,1-2H3,(H,18,20). The van der Waals surface area contributed by atoms with Crippen molar-refractivity contribution in [2.24, 2.45) is 0 Å². The third kappa shape index (κ3) is 5.45. The fraction of sp³-hybridized carbons (Fsp3) is 0.625. The van der Waals surface area contributed by atoms with Gasteiger partial charge >= 0.3 is 0 Å². The molecule has 0 bridgehead atoms. The Morgan fingerprint density at radius 2 is 2.08 bits per heavy atom. The Hall–Kier alpha value is -1.67. The van der Waals surface area contributed by atoms with E-state index < -0.39 is 10.0 Å². The molecule has 8 heteroatoms. The van der Waals surface area contributed by atoms with E-state index in [1.165, 1.54) is 6.92 Å². The molecule has 1 saturated heterocycles. The van der Waals surface area contributed by atoms with Crippen LogP contribution in [0.25, 0.3) is 0 Å². The number of sulfonamides is 1. The van der Waals surface area contributed by atoms with E-state index >= 15 is 0 Å². The van der Waals surface area contributed by atoms with Gasteiger partial charge in [-0.1, -0.05) is 13.3 Å². The van der Waals surface area contributed by atoms with Gasteiger partial charge in [0.2, 0.25) is 21.8 Å². The summed E-state index contributed by atoms with van der Waals surface area (Å²) in [5.41, 5.74) is 0.617. The number of carbonyl (C=O) groups is 1. The summed E-state index contributed by atoms with van der Waals surface area (Å²) >= 11 is 0. The molecule has 0 atom stereocenters. The summed E-state index contributed by atoms with van der Waals surface area (Å²) in [6, 6.07) is 3.43. The predicted octanol–water partition coefficient (Wildman–Crippen LogP) is 2.01. The summed E-state index contributed by atoms with van der Waals surface area (Å²) < 4.78 is 31.7. The molecule has 0 aliphatic carbocycles. The maximum Gasteiger partial charge on any atom is 0.221 e. The largest absolute Gasteiger partial charge is 0.474 e. The average molecular weight is 355 g/mol. The first-order valence-corrected chi connectivity index (χ1v) is 9.89. The number of pyridine rings is 1. The lowest BCUT2D eigenvalue weighted by atomic mass is 10.1. The van der Waals surface area contributed by atoms with Gasteiger partial charge in [-0.25, -0.2) is 17.7 Å². The van der Waals surface area contributed by atoms with Crippen LogP contribution in [0, 0.1) is 0 Å². The van der Waals surface area contributed by atoms with Gasteiger partial charge in [0.1, 0.15) is 6.10 Å². The molecule has 1 aliphatic heterocycles. The minimum absolute atomic E-state index is 0.0401. The van der Waals surface area contributed by atoms with Crippen LogP contribution in [-0.4, -0.2) is 48.6 Å². The second-order valence-corrected chi connectivity index (χ2v) is 8.04. The highest BCUT2D eigenvalue weighted by Gasteiger charge is 2.28. The maximum atomic E-state index is 12.2. The van der Waals surface area contributed by atoms with Gasteiger partial charge in [-0.15, -0.1) is 0 Å². The monoisotopic (exact) mass is 355 g/mol. The Kier molecular flexibility index (Phi) is 6.56. The van der Waals surface area contributed by atoms with Crippen molar-refractivity contribution in [3.63, 3.8) is 0 Å². The van der Waals surface area contributed by atoms with Gasteiger partial charge in [-0.3, -0.25) is 4.79 Å². The molecule has 0 radical (unpaired) electrons. The quantitative estimate of drug-likeness (QED) is 0.808. The van der Waals surface area contributed by atoms with Crippen LogP contribution in [0.4, 0.5) is 5.69 Å². The Balaban J connectivity index is 1.83. The SMILES string of the molecule is CCCCS(=O)(=O)N1CCC(Oc2ccc(NC(C)=O)cn2)CC1. The predicted molar refractivity (Wildman–Crippen MR) is 92.5 cm³/mol. The van der Waals surface area contributed by atoms with Crippen molar-refractivity contribution in [2.75, 3.05) is 24.2 Å². The third-order valence-electron chi connectivity index (χ3n) is 3.89. The van der Waals surface area contributed by atoms with E-state index in [1.807, 2.05) is 6.92 Å². The number of unbranched alkanes of at least 4 members (excludes halogenated alkanes) is 1. The van der Waals surface area contributed by atoms with Crippen LogP contribution in [0.5, 0.6) is 5.88 Å². The van der Waals surface area contributed by atoms with Crippen molar-refractivity contribution in [1.29, 1.82) is 0 Å². The minimum atomic E-state index is -3.14. The molecule has 134 valence electrons. The number of ether oxygens (including phenoxy) is 1. The summed E-state index contributed by atoms with van der Waals surface area (Å²) in [6.45, 7) is 4.40. The molecule has 1 amide bonds. The number of aromatic nitrogens is 1. The van der Waals surface area contributed by atoms with E-state index in [4.69, 9.17) is 4.74 Å². The highest BCUT2D eigenvalue weighted by molar-refractivity contribution is 7.89. The van der Waals surface area contributed by atoms with E-state index in [2.05, 4.69) is 10.3 Å². The first-order valence-electron chi connectivity index (χ1n) is 8.29. The number of anilines is 1. The Bertz CT molecular complexity index is 638. The number of nitrogens with zero attached hydrogens (tertiary/aromatic N) is 2. The highest BCUT2D eigenvalue weighted by atomic mass is 32.2. The van der Waals surface area contributed by atoms with Crippen LogP contribution in [0.2, 0.25) is 0 Å². The Morgan fingerprint density at radius 1 is 1.38 bits per heavy atom. The lowest BCUT2D eigenvalue weighted by molar-refractivity contribution is -0.114. The van der Waals surface area contributed by atoms with Crippen LogP contribution < -0.4 is 10.1 Å². The number of carbonyl (C=O) groups excluding carboxylic acids is 1. The molecular formula is C16H25N3O4S. The lowest BCUT2D eigenvalue weighted by Gasteiger charge is -2.31. The molecule has 2 heterocycles. The summed E-state index contributed by atoms with van der Waals surface area (Å²) in [6.07, 6.45) is 4.38. The summed E-state index contributed by atoms with van der Waals surface area (Å²) in [7, 11) is -3.14. The van der Waals surface area contributed by atoms with E-state index in [0.717, 1.165) is 6.42 Å². The fourth-order valence-electron chi connectivity index (χ4n) is 2.58. The van der Waals surface area contributed by atoms with Gasteiger partial charge in [-0.2, -0.15) is 0 Å². The van der Waals surface area contributed by atoms with Crippen LogP contribution in [-0.2, 0) is 14.8 Å². The number of rotatable bonds is 7. The van der Waals surface area contributed by atoms with Crippen molar-refractivity contribution in [2.45, 2.75) is 45.6 Å². The summed E-state index contributed by atoms with van der Waals surface area (Å²) in [5.74, 6) is 0.555. The van der Waals surface area contributed by atoms with E-state index in [-0.39, 0.29) is 17.8 Å². The number of hydrogen-bond acceptors (Lipinski definition) is 5. The van der Waals surface area contributed by atoms with Gasteiger partial charge in [0, 0.05) is 26.1 Å². The number of amides is 1. The summed E-state index contributed by atoms with van der Waals surface area (Å²) in [4.78, 5) is 15.1. The van der Waals surface area contributed by atoms with Gasteiger partial charge in [-0.05, 0) is 25.3 Å². The molecular weight excluding hydrogens is 330 g/mol. The van der Waals surface area contributed by atoms with Gasteiger partial charge in [0.15, 0.2) is 0 Å². The maximum absolute atomic E-state index is 12.2. The topological polar surface area (TPSA) is 88.6 Å². The van der Waals surface area contributed by atoms with Crippen LogP contribution >= 0.6 is 0 Å². The van der Waals surface area contributed by atoms with Gasteiger partial charge in [0.25, 0.3) is 0 Å². The van der Waals surface area contributed by atoms with Crippen molar-refractivity contribution in [3.8, 4) is 5.88 Å². The zero-order chi connectivity index (χ0) is 17.6. The molecule has 1 N–H and O–H groups in total. The molecule has 24 heavy (non-hydrogen) atoms. The zero-order valence-corrected chi connectivity index (χ0v) is 15.0. The lowest BCUT2D eigenvalue weighted by Crippen LogP contribution is -2.42. The van der Waals surface area contributed by atoms with E-state index in [9.17, 15) is 13.2 Å². The number of hydrogen-bond donors (Lipinski definition) is 1. The second kappa shape index (κ2) is 8.43. The number of nitrogens with one attached hydrogen (secondary N) is 1. The second-order valence-electron chi connectivity index (χ2n) is 5.95. The van der Waals surface area contributed by atoms with Gasteiger partial charge < -0.3 is 10.1 Å². The van der Waals surface area contributed by atoms with Gasteiger partial charge in [0.05, 0.1) is 17.6 Å². The molecule has 0 saturated carbocycles. The summed E-state index contributed by atoms with van der Waals surface area (Å²) in [5, 5.41) is 2.64. The molecule has 0 spiro atoms. The Morgan fingerprint density at radius 3 is 2.62 bits per heavy atom. The highest BCUT2D eigenvalue weighted by Crippen LogP contribution is 2.20. The Labute approximate surface area is 143 Å².